The van der Waals surface area contributed by atoms with Crippen molar-refractivity contribution in [2.24, 2.45) is 5.41 Å². The van der Waals surface area contributed by atoms with E-state index in [0.29, 0.717) is 11.5 Å². The molecule has 0 spiro atoms. The predicted molar refractivity (Wildman–Crippen MR) is 69.4 cm³/mol. The fourth-order valence-corrected chi connectivity index (χ4v) is 1.95. The van der Waals surface area contributed by atoms with Gasteiger partial charge in [-0.1, -0.05) is 20.8 Å². The second-order valence-corrected chi connectivity index (χ2v) is 5.63. The van der Waals surface area contributed by atoms with Gasteiger partial charge in [0.05, 0.1) is 12.6 Å². The minimum Gasteiger partial charge on any atom is -0.394 e. The summed E-state index contributed by atoms with van der Waals surface area (Å²) in [6, 6.07) is -0.0413. The van der Waals surface area contributed by atoms with Gasteiger partial charge in [-0.05, 0) is 11.8 Å². The average Bonchev–Trinajstić information content (AvgIpc) is 2.75. The molecule has 98 valence electrons. The van der Waals surface area contributed by atoms with Crippen molar-refractivity contribution in [2.75, 3.05) is 11.9 Å². The minimum atomic E-state index is -0.0413. The lowest BCUT2D eigenvalue weighted by atomic mass is 9.88. The lowest BCUT2D eigenvalue weighted by molar-refractivity contribution is 0.233. The molecule has 2 heterocycles. The summed E-state index contributed by atoms with van der Waals surface area (Å²) in [6.45, 7) is 6.49. The van der Waals surface area contributed by atoms with E-state index in [9.17, 15) is 5.11 Å². The highest BCUT2D eigenvalue weighted by atomic mass is 16.3. The van der Waals surface area contributed by atoms with Crippen molar-refractivity contribution in [3.8, 4) is 0 Å². The summed E-state index contributed by atoms with van der Waals surface area (Å²) < 4.78 is 1.79. The number of hydrogen-bond acceptors (Lipinski definition) is 5. The quantitative estimate of drug-likeness (QED) is 0.855. The van der Waals surface area contributed by atoms with E-state index in [4.69, 9.17) is 0 Å². The molecule has 0 aromatic carbocycles. The zero-order valence-electron chi connectivity index (χ0n) is 11.0. The van der Waals surface area contributed by atoms with E-state index in [2.05, 4.69) is 41.3 Å². The molecule has 0 amide bonds. The Morgan fingerprint density at radius 1 is 1.44 bits per heavy atom. The molecule has 6 heteroatoms. The second-order valence-electron chi connectivity index (χ2n) is 5.63. The van der Waals surface area contributed by atoms with E-state index in [-0.39, 0.29) is 18.1 Å². The van der Waals surface area contributed by atoms with Crippen LogP contribution in [0.15, 0.2) is 18.7 Å². The van der Waals surface area contributed by atoms with E-state index in [1.807, 2.05) is 0 Å². The van der Waals surface area contributed by atoms with Crippen molar-refractivity contribution in [3.63, 3.8) is 0 Å². The Kier molecular flexibility index (Phi) is 3.47. The van der Waals surface area contributed by atoms with Gasteiger partial charge in [0.2, 0.25) is 5.65 Å². The van der Waals surface area contributed by atoms with Crippen LogP contribution in [-0.2, 0) is 0 Å². The van der Waals surface area contributed by atoms with Gasteiger partial charge in [0.25, 0.3) is 0 Å². The molecule has 2 aromatic rings. The maximum absolute atomic E-state index is 9.44. The summed E-state index contributed by atoms with van der Waals surface area (Å²) >= 11 is 0. The smallest absolute Gasteiger partial charge is 0.203 e. The maximum atomic E-state index is 9.44. The van der Waals surface area contributed by atoms with Crippen molar-refractivity contribution in [2.45, 2.75) is 33.2 Å². The van der Waals surface area contributed by atoms with Gasteiger partial charge >= 0.3 is 0 Å². The van der Waals surface area contributed by atoms with Crippen LogP contribution in [0.4, 0.5) is 5.82 Å². The molecular weight excluding hydrogens is 230 g/mol. The molecule has 0 saturated heterocycles. The molecular formula is C12H19N5O. The number of hydrogen-bond donors (Lipinski definition) is 2. The monoisotopic (exact) mass is 249 g/mol. The average molecular weight is 249 g/mol. The summed E-state index contributed by atoms with van der Waals surface area (Å²) in [6.07, 6.45) is 5.95. The first-order valence-corrected chi connectivity index (χ1v) is 6.01. The predicted octanol–water partition coefficient (Wildman–Crippen LogP) is 1.33. The fourth-order valence-electron chi connectivity index (χ4n) is 1.95. The van der Waals surface area contributed by atoms with Gasteiger partial charge in [0.1, 0.15) is 6.33 Å². The third kappa shape index (κ3) is 2.95. The van der Waals surface area contributed by atoms with Crippen LogP contribution < -0.4 is 5.32 Å². The summed E-state index contributed by atoms with van der Waals surface area (Å²) in [4.78, 5) is 4.25. The Balaban J connectivity index is 2.19. The van der Waals surface area contributed by atoms with Crippen LogP contribution in [0, 0.1) is 5.41 Å². The molecule has 1 atom stereocenters. The standard InChI is InChI=1S/C12H19N5O/c1-12(2,3)6-9(7-18)15-10-11-16-14-8-17(11)5-4-13-10/h4-5,8-9,18H,6-7H2,1-3H3,(H,13,15). The maximum Gasteiger partial charge on any atom is 0.203 e. The van der Waals surface area contributed by atoms with Crippen LogP contribution in [-0.4, -0.2) is 37.3 Å². The molecule has 0 fully saturated rings. The van der Waals surface area contributed by atoms with E-state index >= 15 is 0 Å². The fraction of sp³-hybridized carbons (Fsp3) is 0.583. The molecule has 2 aromatic heterocycles. The van der Waals surface area contributed by atoms with E-state index < -0.39 is 0 Å². The largest absolute Gasteiger partial charge is 0.394 e. The molecule has 0 aliphatic carbocycles. The van der Waals surface area contributed by atoms with Crippen LogP contribution in [0.3, 0.4) is 0 Å². The molecule has 0 aliphatic heterocycles. The van der Waals surface area contributed by atoms with Crippen molar-refractivity contribution in [1.82, 2.24) is 19.6 Å². The SMILES string of the molecule is CC(C)(C)CC(CO)Nc1nccn2cnnc12. The number of aliphatic hydroxyl groups is 1. The molecule has 2 N–H and O–H groups in total. The Labute approximate surface area is 106 Å². The number of fused-ring (bicyclic) bond motifs is 1. The van der Waals surface area contributed by atoms with Crippen molar-refractivity contribution < 1.29 is 5.11 Å². The Morgan fingerprint density at radius 2 is 2.22 bits per heavy atom. The number of nitrogens with zero attached hydrogens (tertiary/aromatic N) is 4. The highest BCUT2D eigenvalue weighted by molar-refractivity contribution is 5.61. The molecule has 2 rings (SSSR count). The Hall–Kier alpha value is -1.69. The lowest BCUT2D eigenvalue weighted by Crippen LogP contribution is -2.29. The van der Waals surface area contributed by atoms with Crippen LogP contribution in [0.1, 0.15) is 27.2 Å². The zero-order chi connectivity index (χ0) is 13.2. The third-order valence-electron chi connectivity index (χ3n) is 2.64. The summed E-state index contributed by atoms with van der Waals surface area (Å²) in [5, 5.41) is 20.5. The van der Waals surface area contributed by atoms with Gasteiger partial charge in [-0.3, -0.25) is 4.40 Å². The van der Waals surface area contributed by atoms with Gasteiger partial charge in [-0.15, -0.1) is 10.2 Å². The van der Waals surface area contributed by atoms with Gasteiger partial charge in [0.15, 0.2) is 5.82 Å². The zero-order valence-corrected chi connectivity index (χ0v) is 11.0. The van der Waals surface area contributed by atoms with Crippen molar-refractivity contribution >= 4 is 11.5 Å². The van der Waals surface area contributed by atoms with E-state index in [1.165, 1.54) is 0 Å². The Morgan fingerprint density at radius 3 is 2.89 bits per heavy atom. The van der Waals surface area contributed by atoms with Gasteiger partial charge in [-0.25, -0.2) is 4.98 Å². The molecule has 6 nitrogen and oxygen atoms in total. The topological polar surface area (TPSA) is 75.3 Å². The third-order valence-corrected chi connectivity index (χ3v) is 2.64. The first-order chi connectivity index (χ1) is 8.49. The number of nitrogens with one attached hydrogen (secondary N) is 1. The van der Waals surface area contributed by atoms with Crippen molar-refractivity contribution in [1.29, 1.82) is 0 Å². The number of anilines is 1. The van der Waals surface area contributed by atoms with Gasteiger partial charge in [-0.2, -0.15) is 0 Å². The highest BCUT2D eigenvalue weighted by Crippen LogP contribution is 2.23. The van der Waals surface area contributed by atoms with E-state index in [0.717, 1.165) is 6.42 Å². The van der Waals surface area contributed by atoms with Crippen LogP contribution >= 0.6 is 0 Å². The first kappa shape index (κ1) is 12.8. The molecule has 0 bridgehead atoms. The summed E-state index contributed by atoms with van der Waals surface area (Å²) in [5.41, 5.74) is 0.809. The number of aromatic nitrogens is 4. The first-order valence-electron chi connectivity index (χ1n) is 6.01. The van der Waals surface area contributed by atoms with Crippen LogP contribution in [0.2, 0.25) is 0 Å². The van der Waals surface area contributed by atoms with Crippen molar-refractivity contribution in [3.05, 3.63) is 18.7 Å². The number of aliphatic hydroxyl groups excluding tert-OH is 1. The summed E-state index contributed by atoms with van der Waals surface area (Å²) in [7, 11) is 0. The molecule has 0 saturated carbocycles. The van der Waals surface area contributed by atoms with Crippen LogP contribution in [0.25, 0.3) is 5.65 Å². The minimum absolute atomic E-state index is 0.0413. The van der Waals surface area contributed by atoms with Gasteiger partial charge < -0.3 is 10.4 Å². The normalized spacial score (nSPS) is 13.8. The van der Waals surface area contributed by atoms with Gasteiger partial charge in [0, 0.05) is 12.4 Å². The Bertz CT molecular complexity index is 516. The lowest BCUT2D eigenvalue weighted by Gasteiger charge is -2.25. The second kappa shape index (κ2) is 4.89. The molecule has 0 radical (unpaired) electrons. The highest BCUT2D eigenvalue weighted by Gasteiger charge is 2.19. The van der Waals surface area contributed by atoms with E-state index in [1.54, 1.807) is 23.1 Å². The summed E-state index contributed by atoms with van der Waals surface area (Å²) in [5.74, 6) is 0.651. The molecule has 18 heavy (non-hydrogen) atoms. The number of rotatable bonds is 4. The molecule has 0 aliphatic rings. The van der Waals surface area contributed by atoms with Crippen LogP contribution in [0.5, 0.6) is 0 Å². The molecule has 1 unspecified atom stereocenters.